The van der Waals surface area contributed by atoms with Gasteiger partial charge in [-0.05, 0) is 34.7 Å². The Kier molecular flexibility index (Phi) is 3.03. The molecule has 1 aromatic heterocycles. The highest BCUT2D eigenvalue weighted by atomic mass is 127. The largest absolute Gasteiger partial charge is 0.243 e. The Hall–Kier alpha value is 0.290. The molecule has 10 heavy (non-hydrogen) atoms. The van der Waals surface area contributed by atoms with Crippen LogP contribution >= 0.6 is 38.5 Å². The fourth-order valence-electron chi connectivity index (χ4n) is 0.529. The van der Waals surface area contributed by atoms with Gasteiger partial charge in [0.1, 0.15) is 3.70 Å². The zero-order valence-corrected chi connectivity index (χ0v) is 8.69. The summed E-state index contributed by atoms with van der Waals surface area (Å²) in [5, 5.41) is 0.670. The van der Waals surface area contributed by atoms with Gasteiger partial charge in [-0.2, -0.15) is 0 Å². The van der Waals surface area contributed by atoms with Gasteiger partial charge in [0.15, 0.2) is 5.82 Å². The number of pyridine rings is 1. The average molecular weight is 316 g/mol. The fraction of sp³-hybridized carbons (Fsp3) is 0.167. The van der Waals surface area contributed by atoms with Crippen molar-refractivity contribution in [1.82, 2.24) is 4.98 Å². The van der Waals surface area contributed by atoms with Crippen molar-refractivity contribution in [1.29, 1.82) is 0 Å². The third-order valence-corrected chi connectivity index (χ3v) is 2.33. The van der Waals surface area contributed by atoms with Crippen LogP contribution < -0.4 is 0 Å². The molecule has 0 unspecified atom stereocenters. The number of nitrogens with zero attached hydrogens (tertiary/aromatic N) is 1. The Morgan fingerprint density at radius 2 is 2.30 bits per heavy atom. The molecular weight excluding hydrogens is 312 g/mol. The van der Waals surface area contributed by atoms with E-state index in [0.29, 0.717) is 9.03 Å². The number of halogens is 3. The summed E-state index contributed by atoms with van der Waals surface area (Å²) < 4.78 is 13.0. The molecule has 0 atom stereocenters. The van der Waals surface area contributed by atoms with E-state index in [1.54, 1.807) is 6.07 Å². The van der Waals surface area contributed by atoms with Gasteiger partial charge >= 0.3 is 0 Å². The van der Waals surface area contributed by atoms with Gasteiger partial charge in [0.2, 0.25) is 0 Å². The molecule has 1 nitrogen and oxygen atoms in total. The van der Waals surface area contributed by atoms with Crippen LogP contribution in [0.2, 0.25) is 0 Å². The molecule has 1 heterocycles. The monoisotopic (exact) mass is 315 g/mol. The molecule has 0 saturated heterocycles. The van der Waals surface area contributed by atoms with Gasteiger partial charge in [0, 0.05) is 5.33 Å². The van der Waals surface area contributed by atoms with E-state index in [1.165, 1.54) is 6.07 Å². The summed E-state index contributed by atoms with van der Waals surface area (Å²) in [6, 6.07) is 3.08. The minimum Gasteiger partial charge on any atom is -0.243 e. The van der Waals surface area contributed by atoms with Crippen LogP contribution in [0.5, 0.6) is 0 Å². The van der Waals surface area contributed by atoms with Crippen LogP contribution in [0.3, 0.4) is 0 Å². The summed E-state index contributed by atoms with van der Waals surface area (Å²) in [5.41, 5.74) is 0.853. The lowest BCUT2D eigenvalue weighted by atomic mass is 10.4. The lowest BCUT2D eigenvalue weighted by Crippen LogP contribution is -1.91. The first kappa shape index (κ1) is 8.39. The first-order valence-corrected chi connectivity index (χ1v) is 4.81. The maximum Gasteiger partial charge on any atom is 0.155 e. The Morgan fingerprint density at radius 3 is 2.80 bits per heavy atom. The second kappa shape index (κ2) is 3.61. The van der Waals surface area contributed by atoms with Gasteiger partial charge in [0.25, 0.3) is 0 Å². The third kappa shape index (κ3) is 1.88. The van der Waals surface area contributed by atoms with E-state index >= 15 is 0 Å². The second-order valence-electron chi connectivity index (χ2n) is 1.71. The number of alkyl halides is 1. The predicted octanol–water partition coefficient (Wildman–Crippen LogP) is 2.72. The fourth-order valence-corrected chi connectivity index (χ4v) is 1.33. The Balaban J connectivity index is 3.04. The highest BCUT2D eigenvalue weighted by molar-refractivity contribution is 14.1. The van der Waals surface area contributed by atoms with Crippen LogP contribution in [0, 0.1) is 9.52 Å². The Labute approximate surface area is 80.3 Å². The summed E-state index contributed by atoms with van der Waals surface area (Å²) in [6.07, 6.45) is 0. The highest BCUT2D eigenvalue weighted by Crippen LogP contribution is 2.09. The molecule has 0 bridgehead atoms. The summed E-state index contributed by atoms with van der Waals surface area (Å²) >= 11 is 5.09. The number of rotatable bonds is 1. The molecule has 0 amide bonds. The van der Waals surface area contributed by atoms with Crippen molar-refractivity contribution >= 4 is 38.5 Å². The zero-order chi connectivity index (χ0) is 7.56. The van der Waals surface area contributed by atoms with E-state index in [-0.39, 0.29) is 5.82 Å². The van der Waals surface area contributed by atoms with Gasteiger partial charge in [-0.3, -0.25) is 0 Å². The normalized spacial score (nSPS) is 9.90. The second-order valence-corrected chi connectivity index (χ2v) is 3.29. The molecule has 4 heteroatoms. The van der Waals surface area contributed by atoms with Crippen LogP contribution in [0.4, 0.5) is 4.39 Å². The minimum atomic E-state index is -0.259. The highest BCUT2D eigenvalue weighted by Gasteiger charge is 1.99. The van der Waals surface area contributed by atoms with E-state index < -0.39 is 0 Å². The van der Waals surface area contributed by atoms with Crippen molar-refractivity contribution in [3.05, 3.63) is 27.3 Å². The summed E-state index contributed by atoms with van der Waals surface area (Å²) in [7, 11) is 0. The van der Waals surface area contributed by atoms with Crippen LogP contribution in [-0.4, -0.2) is 4.98 Å². The molecule has 0 aliphatic carbocycles. The molecule has 0 aromatic carbocycles. The number of aromatic nitrogens is 1. The predicted molar refractivity (Wildman–Crippen MR) is 49.5 cm³/mol. The van der Waals surface area contributed by atoms with E-state index in [2.05, 4.69) is 20.9 Å². The van der Waals surface area contributed by atoms with E-state index in [4.69, 9.17) is 0 Å². The van der Waals surface area contributed by atoms with E-state index in [0.717, 1.165) is 5.69 Å². The van der Waals surface area contributed by atoms with Crippen molar-refractivity contribution in [2.45, 2.75) is 5.33 Å². The lowest BCUT2D eigenvalue weighted by molar-refractivity contribution is 0.610. The first-order valence-electron chi connectivity index (χ1n) is 2.61. The van der Waals surface area contributed by atoms with E-state index in [1.807, 2.05) is 22.6 Å². The van der Waals surface area contributed by atoms with Crippen molar-refractivity contribution in [3.8, 4) is 0 Å². The molecule has 0 spiro atoms. The maximum absolute atomic E-state index is 12.5. The molecule has 0 radical (unpaired) electrons. The van der Waals surface area contributed by atoms with Crippen molar-refractivity contribution in [3.63, 3.8) is 0 Å². The first-order chi connectivity index (χ1) is 4.74. The number of hydrogen-bond acceptors (Lipinski definition) is 1. The van der Waals surface area contributed by atoms with Crippen LogP contribution in [0.15, 0.2) is 12.1 Å². The summed E-state index contributed by atoms with van der Waals surface area (Å²) in [4.78, 5) is 3.96. The van der Waals surface area contributed by atoms with Crippen LogP contribution in [0.25, 0.3) is 0 Å². The lowest BCUT2D eigenvalue weighted by Gasteiger charge is -1.95. The molecule has 0 fully saturated rings. The zero-order valence-electron chi connectivity index (χ0n) is 4.94. The smallest absolute Gasteiger partial charge is 0.155 e. The SMILES string of the molecule is Fc1ccc(CBr)nc1I. The van der Waals surface area contributed by atoms with Crippen LogP contribution in [-0.2, 0) is 5.33 Å². The van der Waals surface area contributed by atoms with Crippen molar-refractivity contribution < 1.29 is 4.39 Å². The van der Waals surface area contributed by atoms with Crippen LogP contribution in [0.1, 0.15) is 5.69 Å². The molecule has 0 saturated carbocycles. The molecular formula is C6H4BrFIN. The molecule has 0 aliphatic heterocycles. The van der Waals surface area contributed by atoms with E-state index in [9.17, 15) is 4.39 Å². The van der Waals surface area contributed by atoms with Gasteiger partial charge in [-0.25, -0.2) is 9.37 Å². The van der Waals surface area contributed by atoms with Gasteiger partial charge in [-0.1, -0.05) is 15.9 Å². The molecule has 1 aromatic rings. The van der Waals surface area contributed by atoms with Gasteiger partial charge in [0.05, 0.1) is 5.69 Å². The molecule has 1 rings (SSSR count). The van der Waals surface area contributed by atoms with Gasteiger partial charge in [-0.15, -0.1) is 0 Å². The Morgan fingerprint density at radius 1 is 1.60 bits per heavy atom. The minimum absolute atomic E-state index is 0.259. The van der Waals surface area contributed by atoms with Gasteiger partial charge < -0.3 is 0 Å². The summed E-state index contributed by atoms with van der Waals surface area (Å²) in [5.74, 6) is -0.259. The summed E-state index contributed by atoms with van der Waals surface area (Å²) in [6.45, 7) is 0. The Bertz CT molecular complexity index is 241. The average Bonchev–Trinajstić information content (AvgIpc) is 1.95. The van der Waals surface area contributed by atoms with Crippen molar-refractivity contribution in [2.24, 2.45) is 0 Å². The molecule has 54 valence electrons. The maximum atomic E-state index is 12.5. The number of hydrogen-bond donors (Lipinski definition) is 0. The quantitative estimate of drug-likeness (QED) is 0.441. The third-order valence-electron chi connectivity index (χ3n) is 0.998. The standard InChI is InChI=1S/C6H4BrFIN/c7-3-4-1-2-5(8)6(9)10-4/h1-2H,3H2. The van der Waals surface area contributed by atoms with Crippen molar-refractivity contribution in [2.75, 3.05) is 0 Å². The topological polar surface area (TPSA) is 12.9 Å². The molecule has 0 N–H and O–H groups in total. The molecule has 0 aliphatic rings.